The molecule has 1 amide bonds. The zero-order valence-electron chi connectivity index (χ0n) is 19.1. The number of rotatable bonds is 10. The molecule has 1 heterocycles. The maximum Gasteiger partial charge on any atom is 0.234 e. The van der Waals surface area contributed by atoms with Gasteiger partial charge in [-0.25, -0.2) is 0 Å². The van der Waals surface area contributed by atoms with Gasteiger partial charge in [-0.1, -0.05) is 78.9 Å². The Morgan fingerprint density at radius 1 is 0.788 bits per heavy atom. The van der Waals surface area contributed by atoms with E-state index in [0.717, 1.165) is 50.5 Å². The van der Waals surface area contributed by atoms with Crippen LogP contribution in [0.4, 0.5) is 0 Å². The lowest BCUT2D eigenvalue weighted by Crippen LogP contribution is -2.50. The molecule has 3 aromatic rings. The van der Waals surface area contributed by atoms with Gasteiger partial charge in [0.15, 0.2) is 0 Å². The minimum absolute atomic E-state index is 0.0301. The molecular formula is C28H33N3O2. The molecule has 33 heavy (non-hydrogen) atoms. The quantitative estimate of drug-likeness (QED) is 0.518. The van der Waals surface area contributed by atoms with E-state index >= 15 is 0 Å². The molecule has 0 radical (unpaired) electrons. The molecule has 1 N–H and O–H groups in total. The van der Waals surface area contributed by atoms with E-state index in [-0.39, 0.29) is 11.9 Å². The van der Waals surface area contributed by atoms with E-state index in [1.165, 1.54) is 5.56 Å². The second kappa shape index (κ2) is 12.2. The van der Waals surface area contributed by atoms with Crippen molar-refractivity contribution in [3.63, 3.8) is 0 Å². The fraction of sp³-hybridized carbons (Fsp3) is 0.321. The molecule has 1 aliphatic rings. The van der Waals surface area contributed by atoms with Crippen molar-refractivity contribution in [2.24, 2.45) is 0 Å². The summed E-state index contributed by atoms with van der Waals surface area (Å²) in [5, 5.41) is 3.28. The van der Waals surface area contributed by atoms with E-state index < -0.39 is 0 Å². The fourth-order valence-electron chi connectivity index (χ4n) is 4.21. The molecule has 1 aliphatic heterocycles. The summed E-state index contributed by atoms with van der Waals surface area (Å²) in [7, 11) is 0. The Hall–Kier alpha value is -3.15. The van der Waals surface area contributed by atoms with Crippen LogP contribution in [0.3, 0.4) is 0 Å². The molecule has 0 spiro atoms. The molecular weight excluding hydrogens is 410 g/mol. The van der Waals surface area contributed by atoms with Crippen LogP contribution in [0.25, 0.3) is 0 Å². The third kappa shape index (κ3) is 7.45. The van der Waals surface area contributed by atoms with Crippen LogP contribution in [0.2, 0.25) is 0 Å². The van der Waals surface area contributed by atoms with Gasteiger partial charge in [0.1, 0.15) is 12.4 Å². The third-order valence-electron chi connectivity index (χ3n) is 6.07. The van der Waals surface area contributed by atoms with Gasteiger partial charge in [0, 0.05) is 32.7 Å². The highest BCUT2D eigenvalue weighted by Gasteiger charge is 2.21. The number of ether oxygens (including phenoxy) is 1. The van der Waals surface area contributed by atoms with Crippen LogP contribution < -0.4 is 10.1 Å². The number of carbonyl (C=O) groups excluding carboxylic acids is 1. The van der Waals surface area contributed by atoms with Gasteiger partial charge in [-0.3, -0.25) is 14.6 Å². The van der Waals surface area contributed by atoms with Crippen LogP contribution in [0.5, 0.6) is 5.75 Å². The monoisotopic (exact) mass is 443 g/mol. The number of benzene rings is 3. The van der Waals surface area contributed by atoms with Crippen LogP contribution in [0, 0.1) is 0 Å². The highest BCUT2D eigenvalue weighted by atomic mass is 16.5. The molecule has 1 saturated heterocycles. The maximum atomic E-state index is 12.9. The average Bonchev–Trinajstić information content (AvgIpc) is 2.86. The second-order valence-electron chi connectivity index (χ2n) is 8.50. The van der Waals surface area contributed by atoms with E-state index in [9.17, 15) is 4.79 Å². The van der Waals surface area contributed by atoms with Gasteiger partial charge in [-0.05, 0) is 29.7 Å². The average molecular weight is 444 g/mol. The van der Waals surface area contributed by atoms with Crippen LogP contribution in [0.15, 0.2) is 91.0 Å². The first-order valence-electron chi connectivity index (χ1n) is 11.8. The van der Waals surface area contributed by atoms with Gasteiger partial charge in [-0.15, -0.1) is 0 Å². The molecule has 1 atom stereocenters. The minimum atomic E-state index is -0.0301. The number of para-hydroxylation sites is 1. The standard InChI is InChI=1S/C28H33N3O2/c32-28(29-27(25-12-6-2-7-13-25)22-24-10-4-1-5-11-24)23-31-18-16-30(17-19-31)20-21-33-26-14-8-3-9-15-26/h1-15,27H,16-23H2,(H,29,32). The smallest absolute Gasteiger partial charge is 0.234 e. The molecule has 1 fully saturated rings. The van der Waals surface area contributed by atoms with Gasteiger partial charge in [0.05, 0.1) is 12.6 Å². The number of nitrogens with zero attached hydrogens (tertiary/aromatic N) is 2. The summed E-state index contributed by atoms with van der Waals surface area (Å²) in [6, 6.07) is 30.5. The zero-order chi connectivity index (χ0) is 22.7. The number of amides is 1. The zero-order valence-corrected chi connectivity index (χ0v) is 19.1. The Morgan fingerprint density at radius 3 is 2.03 bits per heavy atom. The summed E-state index contributed by atoms with van der Waals surface area (Å²) in [6.45, 7) is 5.73. The molecule has 3 aromatic carbocycles. The van der Waals surface area contributed by atoms with Crippen LogP contribution in [0.1, 0.15) is 17.2 Å². The SMILES string of the molecule is O=C(CN1CCN(CCOc2ccccc2)CC1)NC(Cc1ccccc1)c1ccccc1. The van der Waals surface area contributed by atoms with Crippen molar-refractivity contribution in [2.45, 2.75) is 12.5 Å². The molecule has 0 aromatic heterocycles. The van der Waals surface area contributed by atoms with E-state index in [2.05, 4.69) is 39.4 Å². The Bertz CT molecular complexity index is 958. The van der Waals surface area contributed by atoms with Crippen molar-refractivity contribution in [3.8, 4) is 5.75 Å². The van der Waals surface area contributed by atoms with Crippen LogP contribution >= 0.6 is 0 Å². The van der Waals surface area contributed by atoms with Gasteiger partial charge in [0.2, 0.25) is 5.91 Å². The Labute approximate surface area is 197 Å². The molecule has 5 heteroatoms. The van der Waals surface area contributed by atoms with E-state index in [0.29, 0.717) is 13.2 Å². The van der Waals surface area contributed by atoms with Crippen molar-refractivity contribution in [3.05, 3.63) is 102 Å². The Morgan fingerprint density at radius 2 is 1.36 bits per heavy atom. The van der Waals surface area contributed by atoms with Crippen molar-refractivity contribution in [2.75, 3.05) is 45.9 Å². The number of carbonyl (C=O) groups is 1. The van der Waals surface area contributed by atoms with E-state index in [1.54, 1.807) is 0 Å². The minimum Gasteiger partial charge on any atom is -0.492 e. The second-order valence-corrected chi connectivity index (χ2v) is 8.50. The number of nitrogens with one attached hydrogen (secondary N) is 1. The molecule has 172 valence electrons. The lowest BCUT2D eigenvalue weighted by atomic mass is 9.99. The predicted octanol–water partition coefficient (Wildman–Crippen LogP) is 3.78. The summed E-state index contributed by atoms with van der Waals surface area (Å²) in [6.07, 6.45) is 0.784. The summed E-state index contributed by atoms with van der Waals surface area (Å²) >= 11 is 0. The maximum absolute atomic E-state index is 12.9. The molecule has 4 rings (SSSR count). The summed E-state index contributed by atoms with van der Waals surface area (Å²) in [5.74, 6) is 0.997. The van der Waals surface area contributed by atoms with E-state index in [1.807, 2.05) is 66.7 Å². The topological polar surface area (TPSA) is 44.8 Å². The lowest BCUT2D eigenvalue weighted by Gasteiger charge is -2.34. The first-order valence-corrected chi connectivity index (χ1v) is 11.8. The predicted molar refractivity (Wildman–Crippen MR) is 132 cm³/mol. The number of piperazine rings is 1. The summed E-state index contributed by atoms with van der Waals surface area (Å²) in [5.41, 5.74) is 2.36. The molecule has 0 bridgehead atoms. The van der Waals surface area contributed by atoms with Gasteiger partial charge >= 0.3 is 0 Å². The molecule has 1 unspecified atom stereocenters. The highest BCUT2D eigenvalue weighted by Crippen LogP contribution is 2.18. The van der Waals surface area contributed by atoms with Crippen molar-refractivity contribution < 1.29 is 9.53 Å². The van der Waals surface area contributed by atoms with Gasteiger partial charge < -0.3 is 10.1 Å². The third-order valence-corrected chi connectivity index (χ3v) is 6.07. The first kappa shape index (κ1) is 23.0. The first-order chi connectivity index (χ1) is 16.3. The van der Waals surface area contributed by atoms with Crippen molar-refractivity contribution in [1.29, 1.82) is 0 Å². The van der Waals surface area contributed by atoms with Crippen molar-refractivity contribution >= 4 is 5.91 Å². The van der Waals surface area contributed by atoms with Crippen LogP contribution in [-0.2, 0) is 11.2 Å². The summed E-state index contributed by atoms with van der Waals surface area (Å²) in [4.78, 5) is 17.6. The normalized spacial score (nSPS) is 15.6. The fourth-order valence-corrected chi connectivity index (χ4v) is 4.21. The molecule has 5 nitrogen and oxygen atoms in total. The molecule has 0 aliphatic carbocycles. The largest absolute Gasteiger partial charge is 0.492 e. The Kier molecular flexibility index (Phi) is 8.50. The lowest BCUT2D eigenvalue weighted by molar-refractivity contribution is -0.123. The molecule has 0 saturated carbocycles. The summed E-state index contributed by atoms with van der Waals surface area (Å²) < 4.78 is 5.82. The highest BCUT2D eigenvalue weighted by molar-refractivity contribution is 5.78. The number of hydrogen-bond donors (Lipinski definition) is 1. The van der Waals surface area contributed by atoms with Crippen LogP contribution in [-0.4, -0.2) is 61.6 Å². The Balaban J connectivity index is 1.22. The van der Waals surface area contributed by atoms with Crippen molar-refractivity contribution in [1.82, 2.24) is 15.1 Å². The van der Waals surface area contributed by atoms with Gasteiger partial charge in [0.25, 0.3) is 0 Å². The number of hydrogen-bond acceptors (Lipinski definition) is 4. The van der Waals surface area contributed by atoms with E-state index in [4.69, 9.17) is 4.74 Å². The van der Waals surface area contributed by atoms with Gasteiger partial charge in [-0.2, -0.15) is 0 Å².